The van der Waals surface area contributed by atoms with Gasteiger partial charge in [-0.15, -0.1) is 0 Å². The van der Waals surface area contributed by atoms with E-state index in [0.717, 1.165) is 49.1 Å². The lowest BCUT2D eigenvalue weighted by Gasteiger charge is -2.30. The number of rotatable bonds is 5. The van der Waals surface area contributed by atoms with Crippen molar-refractivity contribution in [1.82, 2.24) is 25.3 Å². The van der Waals surface area contributed by atoms with Gasteiger partial charge in [0.05, 0.1) is 17.0 Å². The highest BCUT2D eigenvalue weighted by atomic mass is 16.3. The Balaban J connectivity index is 1.39. The van der Waals surface area contributed by atoms with Crippen molar-refractivity contribution in [2.45, 2.75) is 83.6 Å². The maximum atomic E-state index is 10.1. The fourth-order valence-corrected chi connectivity index (χ4v) is 4.89. The highest BCUT2D eigenvalue weighted by Crippen LogP contribution is 2.33. The number of aliphatic hydroxyl groups is 1. The first-order chi connectivity index (χ1) is 15.4. The molecular formula is C23H36N8O. The number of likely N-dealkylation sites (tertiary alicyclic amines) is 1. The van der Waals surface area contributed by atoms with Gasteiger partial charge in [0.15, 0.2) is 0 Å². The van der Waals surface area contributed by atoms with E-state index in [1.165, 1.54) is 37.1 Å². The molecule has 9 heteroatoms. The number of guanidine groups is 1. The molecule has 0 radical (unpaired) electrons. The molecule has 2 unspecified atom stereocenters. The molecule has 5 rings (SSSR count). The zero-order valence-electron chi connectivity index (χ0n) is 19.5. The molecule has 1 fully saturated rings. The largest absolute Gasteiger partial charge is 0.390 e. The molecule has 1 saturated heterocycles. The van der Waals surface area contributed by atoms with Crippen LogP contribution in [-0.2, 0) is 0 Å². The van der Waals surface area contributed by atoms with Crippen molar-refractivity contribution in [2.24, 2.45) is 9.98 Å². The summed E-state index contributed by atoms with van der Waals surface area (Å²) < 4.78 is 1.93. The molecule has 9 nitrogen and oxygen atoms in total. The molecule has 2 atom stereocenters. The van der Waals surface area contributed by atoms with Crippen LogP contribution < -0.4 is 16.0 Å². The molecule has 0 amide bonds. The van der Waals surface area contributed by atoms with Crippen LogP contribution >= 0.6 is 0 Å². The molecule has 4 heterocycles. The average Bonchev–Trinajstić information content (AvgIpc) is 3.42. The number of hydrogen-bond donors (Lipinski definition) is 4. The molecule has 32 heavy (non-hydrogen) atoms. The van der Waals surface area contributed by atoms with Crippen LogP contribution in [0.3, 0.4) is 0 Å². The van der Waals surface area contributed by atoms with E-state index < -0.39 is 5.60 Å². The number of anilines is 1. The summed E-state index contributed by atoms with van der Waals surface area (Å²) in [4.78, 5) is 12.2. The number of nitrogens with one attached hydrogen (secondary N) is 3. The lowest BCUT2D eigenvalue weighted by molar-refractivity contribution is 0.0693. The van der Waals surface area contributed by atoms with Crippen molar-refractivity contribution in [1.29, 1.82) is 0 Å². The number of hydrogen-bond acceptors (Lipinski definition) is 8. The van der Waals surface area contributed by atoms with E-state index in [9.17, 15) is 5.11 Å². The van der Waals surface area contributed by atoms with E-state index in [-0.39, 0.29) is 12.3 Å². The van der Waals surface area contributed by atoms with E-state index in [0.29, 0.717) is 13.0 Å². The molecular weight excluding hydrogens is 404 g/mol. The van der Waals surface area contributed by atoms with E-state index >= 15 is 0 Å². The quantitative estimate of drug-likeness (QED) is 0.562. The van der Waals surface area contributed by atoms with Crippen molar-refractivity contribution < 1.29 is 5.11 Å². The van der Waals surface area contributed by atoms with E-state index in [2.05, 4.69) is 33.8 Å². The third-order valence-electron chi connectivity index (χ3n) is 6.72. The second-order valence-electron chi connectivity index (χ2n) is 10.0. The summed E-state index contributed by atoms with van der Waals surface area (Å²) >= 11 is 0. The highest BCUT2D eigenvalue weighted by molar-refractivity contribution is 5.95. The Kier molecular flexibility index (Phi) is 5.71. The van der Waals surface area contributed by atoms with Gasteiger partial charge in [-0.3, -0.25) is 10.3 Å². The van der Waals surface area contributed by atoms with Crippen molar-refractivity contribution in [2.75, 3.05) is 25.0 Å². The molecule has 4 aliphatic rings. The maximum absolute atomic E-state index is 10.1. The minimum Gasteiger partial charge on any atom is -0.390 e. The van der Waals surface area contributed by atoms with Gasteiger partial charge in [-0.2, -0.15) is 5.10 Å². The van der Waals surface area contributed by atoms with Crippen LogP contribution in [0, 0.1) is 0 Å². The molecule has 174 valence electrons. The number of fused-ring (bicyclic) bond motifs is 1. The van der Waals surface area contributed by atoms with Gasteiger partial charge in [-0.05, 0) is 65.7 Å². The molecule has 0 aromatic carbocycles. The Hall–Kier alpha value is -2.39. The molecule has 1 aromatic rings. The van der Waals surface area contributed by atoms with Gasteiger partial charge in [-0.25, -0.2) is 9.67 Å². The van der Waals surface area contributed by atoms with Crippen molar-refractivity contribution in [3.8, 4) is 0 Å². The van der Waals surface area contributed by atoms with Crippen LogP contribution in [0.4, 0.5) is 5.82 Å². The van der Waals surface area contributed by atoms with Crippen LogP contribution in [0.15, 0.2) is 27.4 Å². The number of allylic oxidation sites excluding steroid dienone is 2. The van der Waals surface area contributed by atoms with Gasteiger partial charge in [0.1, 0.15) is 11.9 Å². The summed E-state index contributed by atoms with van der Waals surface area (Å²) in [5.41, 5.74) is 3.80. The van der Waals surface area contributed by atoms with Crippen molar-refractivity contribution >= 4 is 17.5 Å². The molecule has 1 aliphatic carbocycles. The molecule has 3 aliphatic heterocycles. The highest BCUT2D eigenvalue weighted by Gasteiger charge is 2.31. The summed E-state index contributed by atoms with van der Waals surface area (Å²) in [6, 6.07) is 2.11. The van der Waals surface area contributed by atoms with Crippen LogP contribution in [0.2, 0.25) is 0 Å². The van der Waals surface area contributed by atoms with Crippen LogP contribution in [0.25, 0.3) is 0 Å². The van der Waals surface area contributed by atoms with Crippen LogP contribution in [0.5, 0.6) is 0 Å². The number of aliphatic imine (C=N–C) groups is 2. The summed E-state index contributed by atoms with van der Waals surface area (Å²) in [5.74, 6) is 1.84. The first-order valence-electron chi connectivity index (χ1n) is 12.1. The lowest BCUT2D eigenvalue weighted by Crippen LogP contribution is -2.42. The molecule has 1 aromatic heterocycles. The third-order valence-corrected chi connectivity index (χ3v) is 6.72. The topological polar surface area (TPSA) is 102 Å². The van der Waals surface area contributed by atoms with Gasteiger partial charge in [-0.1, -0.05) is 0 Å². The minimum atomic E-state index is -0.718. The monoisotopic (exact) mass is 440 g/mol. The minimum absolute atomic E-state index is 0.0148. The van der Waals surface area contributed by atoms with E-state index in [1.807, 2.05) is 18.5 Å². The fourth-order valence-electron chi connectivity index (χ4n) is 4.89. The Morgan fingerprint density at radius 2 is 1.97 bits per heavy atom. The predicted molar refractivity (Wildman–Crippen MR) is 127 cm³/mol. The van der Waals surface area contributed by atoms with Crippen LogP contribution in [-0.4, -0.2) is 56.7 Å². The van der Waals surface area contributed by atoms with E-state index in [1.54, 1.807) is 0 Å². The number of nitrogens with zero attached hydrogens (tertiary/aromatic N) is 5. The van der Waals surface area contributed by atoms with Crippen molar-refractivity contribution in [3.63, 3.8) is 0 Å². The Morgan fingerprint density at radius 1 is 1.19 bits per heavy atom. The SMILES string of the molecule is CC1=NC2=C(CCCC2)NC1c1cc2n(n1)C(NCCC(C)(C)O)N=C(N1CCCC1)N2. The third kappa shape index (κ3) is 4.41. The van der Waals surface area contributed by atoms with Gasteiger partial charge in [0.25, 0.3) is 0 Å². The van der Waals surface area contributed by atoms with Crippen LogP contribution in [0.1, 0.15) is 83.7 Å². The standard InChI is InChI=1S/C23H36N8O/c1-15-20(26-17-9-5-4-8-16(17)25-15)18-14-19-27-22(30-12-6-7-13-30)28-21(31(19)29-18)24-11-10-23(2,3)32/h14,20-21,24,26,32H,4-13H2,1-3H3,(H,27,28). The second kappa shape index (κ2) is 8.51. The number of aromatic nitrogens is 2. The van der Waals surface area contributed by atoms with Gasteiger partial charge in [0, 0.05) is 37.1 Å². The predicted octanol–water partition coefficient (Wildman–Crippen LogP) is 2.86. The molecule has 0 spiro atoms. The zero-order valence-corrected chi connectivity index (χ0v) is 19.5. The first-order valence-corrected chi connectivity index (χ1v) is 12.1. The van der Waals surface area contributed by atoms with E-state index in [4.69, 9.17) is 15.1 Å². The Labute approximate surface area is 190 Å². The average molecular weight is 441 g/mol. The molecule has 4 N–H and O–H groups in total. The maximum Gasteiger partial charge on any atom is 0.202 e. The summed E-state index contributed by atoms with van der Waals surface area (Å²) in [6.07, 6.45) is 7.30. The van der Waals surface area contributed by atoms with Gasteiger partial charge >= 0.3 is 0 Å². The summed E-state index contributed by atoms with van der Waals surface area (Å²) in [6.45, 7) is 8.45. The van der Waals surface area contributed by atoms with Gasteiger partial charge < -0.3 is 20.6 Å². The molecule has 0 saturated carbocycles. The lowest BCUT2D eigenvalue weighted by atomic mass is 9.97. The van der Waals surface area contributed by atoms with Gasteiger partial charge in [0.2, 0.25) is 12.2 Å². The fraction of sp³-hybridized carbons (Fsp3) is 0.696. The summed E-state index contributed by atoms with van der Waals surface area (Å²) in [7, 11) is 0. The zero-order chi connectivity index (χ0) is 22.3. The van der Waals surface area contributed by atoms with Crippen molar-refractivity contribution in [3.05, 3.63) is 23.2 Å². The second-order valence-corrected chi connectivity index (χ2v) is 10.0. The normalized spacial score (nSPS) is 25.6. The Bertz CT molecular complexity index is 948. The molecule has 0 bridgehead atoms. The summed E-state index contributed by atoms with van der Waals surface area (Å²) in [5, 5.41) is 25.8. The Morgan fingerprint density at radius 3 is 2.75 bits per heavy atom. The first kappa shape index (κ1) is 21.5. The smallest absolute Gasteiger partial charge is 0.202 e.